The summed E-state index contributed by atoms with van der Waals surface area (Å²) in [6.45, 7) is 9.09. The zero-order chi connectivity index (χ0) is 50.2. The van der Waals surface area contributed by atoms with Gasteiger partial charge in [-0.3, -0.25) is 14.4 Å². The highest BCUT2D eigenvalue weighted by Gasteiger charge is 2.19. The number of carbonyl (C=O) groups excluding carboxylic acids is 3. The van der Waals surface area contributed by atoms with Crippen molar-refractivity contribution in [1.29, 1.82) is 0 Å². The van der Waals surface area contributed by atoms with Crippen molar-refractivity contribution in [3.63, 3.8) is 0 Å². The first-order valence-corrected chi connectivity index (χ1v) is 31.4. The molecule has 6 heteroatoms. The second kappa shape index (κ2) is 57.3. The van der Waals surface area contributed by atoms with Gasteiger partial charge >= 0.3 is 17.9 Å². The fourth-order valence-electron chi connectivity index (χ4n) is 9.81. The summed E-state index contributed by atoms with van der Waals surface area (Å²) in [5, 5.41) is 0. The van der Waals surface area contributed by atoms with Crippen molar-refractivity contribution < 1.29 is 28.6 Å². The molecule has 0 aromatic rings. The molecule has 0 bridgehead atoms. The van der Waals surface area contributed by atoms with Crippen LogP contribution in [0.4, 0.5) is 0 Å². The summed E-state index contributed by atoms with van der Waals surface area (Å²) in [6, 6.07) is 0. The number of carbonyl (C=O) groups is 3. The molecule has 69 heavy (non-hydrogen) atoms. The van der Waals surface area contributed by atoms with E-state index < -0.39 is 6.10 Å². The van der Waals surface area contributed by atoms with Gasteiger partial charge in [0.15, 0.2) is 6.10 Å². The number of unbranched alkanes of at least 4 members (excludes halogenated alkanes) is 45. The summed E-state index contributed by atoms with van der Waals surface area (Å²) < 4.78 is 17.0. The Morgan fingerprint density at radius 3 is 0.710 bits per heavy atom. The number of hydrogen-bond donors (Lipinski definition) is 0. The highest BCUT2D eigenvalue weighted by atomic mass is 16.6. The van der Waals surface area contributed by atoms with Crippen LogP contribution >= 0.6 is 0 Å². The first-order valence-electron chi connectivity index (χ1n) is 31.4. The van der Waals surface area contributed by atoms with Gasteiger partial charge in [0, 0.05) is 19.3 Å². The molecule has 0 aliphatic heterocycles. The smallest absolute Gasteiger partial charge is 0.306 e. The zero-order valence-corrected chi connectivity index (χ0v) is 47.3. The molecule has 6 nitrogen and oxygen atoms in total. The third-order valence-corrected chi connectivity index (χ3v) is 14.5. The summed E-state index contributed by atoms with van der Waals surface area (Å²) in [5.74, 6) is 0.0163. The fraction of sp³-hybridized carbons (Fsp3) is 0.952. The van der Waals surface area contributed by atoms with E-state index in [0.29, 0.717) is 19.3 Å². The van der Waals surface area contributed by atoms with Crippen LogP contribution in [0.25, 0.3) is 0 Å². The highest BCUT2D eigenvalue weighted by molar-refractivity contribution is 5.71. The minimum Gasteiger partial charge on any atom is -0.462 e. The molecule has 0 rings (SSSR count). The quantitative estimate of drug-likeness (QED) is 0.0343. The van der Waals surface area contributed by atoms with Crippen molar-refractivity contribution in [3.05, 3.63) is 0 Å². The van der Waals surface area contributed by atoms with E-state index in [2.05, 4.69) is 27.7 Å². The molecular formula is C63H122O6. The van der Waals surface area contributed by atoms with Crippen LogP contribution in [0.1, 0.15) is 362 Å². The molecule has 0 aliphatic rings. The van der Waals surface area contributed by atoms with E-state index in [1.165, 1.54) is 257 Å². The molecule has 410 valence electrons. The minimum atomic E-state index is -0.763. The summed E-state index contributed by atoms with van der Waals surface area (Å²) in [4.78, 5) is 38.3. The lowest BCUT2D eigenvalue weighted by Gasteiger charge is -2.18. The summed E-state index contributed by atoms with van der Waals surface area (Å²) in [5.41, 5.74) is 0. The summed E-state index contributed by atoms with van der Waals surface area (Å²) >= 11 is 0. The predicted molar refractivity (Wildman–Crippen MR) is 298 cm³/mol. The number of esters is 3. The van der Waals surface area contributed by atoms with Gasteiger partial charge in [0.1, 0.15) is 13.2 Å². The molecule has 0 aliphatic carbocycles. The first kappa shape index (κ1) is 67.4. The van der Waals surface area contributed by atoms with Crippen LogP contribution < -0.4 is 0 Å². The van der Waals surface area contributed by atoms with Crippen LogP contribution in [-0.2, 0) is 28.6 Å². The van der Waals surface area contributed by atoms with Crippen molar-refractivity contribution in [2.75, 3.05) is 13.2 Å². The third kappa shape index (κ3) is 57.2. The maximum Gasteiger partial charge on any atom is 0.306 e. The Morgan fingerprint density at radius 1 is 0.275 bits per heavy atom. The van der Waals surface area contributed by atoms with Crippen LogP contribution in [0.15, 0.2) is 0 Å². The van der Waals surface area contributed by atoms with E-state index in [1.54, 1.807) is 0 Å². The molecule has 0 saturated carbocycles. The van der Waals surface area contributed by atoms with Gasteiger partial charge < -0.3 is 14.2 Å². The Labute approximate surface area is 431 Å². The van der Waals surface area contributed by atoms with Gasteiger partial charge in [0.25, 0.3) is 0 Å². The van der Waals surface area contributed by atoms with Crippen molar-refractivity contribution in [1.82, 2.24) is 0 Å². The van der Waals surface area contributed by atoms with Crippen molar-refractivity contribution in [2.45, 2.75) is 368 Å². The lowest BCUT2D eigenvalue weighted by atomic mass is 10.0. The lowest BCUT2D eigenvalue weighted by molar-refractivity contribution is -0.167. The molecule has 0 amide bonds. The van der Waals surface area contributed by atoms with E-state index >= 15 is 0 Å². The second-order valence-corrected chi connectivity index (χ2v) is 22.2. The Bertz CT molecular complexity index is 1040. The molecule has 0 aromatic carbocycles. The average Bonchev–Trinajstić information content (AvgIpc) is 3.34. The Balaban J connectivity index is 4.29. The molecule has 0 spiro atoms. The third-order valence-electron chi connectivity index (χ3n) is 14.5. The fourth-order valence-corrected chi connectivity index (χ4v) is 9.81. The summed E-state index contributed by atoms with van der Waals surface area (Å²) in [6.07, 6.45) is 63.8. The molecule has 0 N–H and O–H groups in total. The van der Waals surface area contributed by atoms with E-state index in [-0.39, 0.29) is 31.1 Å². The van der Waals surface area contributed by atoms with Crippen LogP contribution in [0.2, 0.25) is 0 Å². The Hall–Kier alpha value is -1.59. The first-order chi connectivity index (χ1) is 33.9. The van der Waals surface area contributed by atoms with Gasteiger partial charge in [-0.05, 0) is 25.2 Å². The highest BCUT2D eigenvalue weighted by Crippen LogP contribution is 2.19. The lowest BCUT2D eigenvalue weighted by Crippen LogP contribution is -2.30. The van der Waals surface area contributed by atoms with Gasteiger partial charge in [-0.1, -0.05) is 323 Å². The van der Waals surface area contributed by atoms with Crippen molar-refractivity contribution >= 4 is 17.9 Å². The van der Waals surface area contributed by atoms with Crippen LogP contribution in [0, 0.1) is 5.92 Å². The van der Waals surface area contributed by atoms with Gasteiger partial charge in [-0.2, -0.15) is 0 Å². The maximum absolute atomic E-state index is 12.9. The van der Waals surface area contributed by atoms with E-state index in [1.807, 2.05) is 0 Å². The van der Waals surface area contributed by atoms with Gasteiger partial charge in [0.05, 0.1) is 0 Å². The van der Waals surface area contributed by atoms with Crippen molar-refractivity contribution in [3.8, 4) is 0 Å². The van der Waals surface area contributed by atoms with E-state index in [9.17, 15) is 14.4 Å². The number of hydrogen-bond acceptors (Lipinski definition) is 6. The van der Waals surface area contributed by atoms with E-state index in [4.69, 9.17) is 14.2 Å². The van der Waals surface area contributed by atoms with Gasteiger partial charge in [-0.15, -0.1) is 0 Å². The second-order valence-electron chi connectivity index (χ2n) is 22.2. The molecule has 0 unspecified atom stereocenters. The monoisotopic (exact) mass is 975 g/mol. The Kier molecular flexibility index (Phi) is 56.0. The van der Waals surface area contributed by atoms with Crippen molar-refractivity contribution in [2.24, 2.45) is 5.92 Å². The minimum absolute atomic E-state index is 0.0612. The maximum atomic E-state index is 12.9. The molecule has 0 radical (unpaired) electrons. The molecule has 1 atom stereocenters. The predicted octanol–water partition coefficient (Wildman–Crippen LogP) is 21.0. The standard InChI is InChI=1S/C63H122O6/c1-5-7-9-11-13-15-17-19-21-23-24-26-32-36-40-44-48-52-56-63(66)69-60(57-67-61(64)54-50-46-42-38-34-30-25-22-20-18-16-14-12-10-8-6-2)58-68-62(65)55-51-47-43-39-35-31-28-27-29-33-37-41-45-49-53-59(3)4/h59-60H,5-58H2,1-4H3/t60-/m0/s1. The van der Waals surface area contributed by atoms with Gasteiger partial charge in [0.2, 0.25) is 0 Å². The topological polar surface area (TPSA) is 78.9 Å². The molecule has 0 aromatic heterocycles. The van der Waals surface area contributed by atoms with Crippen LogP contribution in [-0.4, -0.2) is 37.2 Å². The molecule has 0 heterocycles. The largest absolute Gasteiger partial charge is 0.462 e. The molecular weight excluding hydrogens is 853 g/mol. The average molecular weight is 976 g/mol. The Morgan fingerprint density at radius 2 is 0.478 bits per heavy atom. The zero-order valence-electron chi connectivity index (χ0n) is 47.3. The number of ether oxygens (including phenoxy) is 3. The SMILES string of the molecule is CCCCCCCCCCCCCCCCCCCCC(=O)O[C@@H](COC(=O)CCCCCCCCCCCCCCCCCC)COC(=O)CCCCCCCCCCCCCCCCC(C)C. The molecule has 0 saturated heterocycles. The van der Waals surface area contributed by atoms with Gasteiger partial charge in [-0.25, -0.2) is 0 Å². The normalized spacial score (nSPS) is 12.0. The van der Waals surface area contributed by atoms with Crippen LogP contribution in [0.5, 0.6) is 0 Å². The van der Waals surface area contributed by atoms with E-state index in [0.717, 1.165) is 63.7 Å². The number of rotatable bonds is 58. The molecule has 0 fully saturated rings. The summed E-state index contributed by atoms with van der Waals surface area (Å²) in [7, 11) is 0. The van der Waals surface area contributed by atoms with Crippen LogP contribution in [0.3, 0.4) is 0 Å².